The minimum atomic E-state index is 0. The first-order valence-electron chi connectivity index (χ1n) is 11.3. The SMILES string of the molecule is CN=C(NCc1cccc(COC2CCOCC2)c1)N1CC=C(c2ccccc2)CC1.I. The molecule has 32 heavy (non-hydrogen) atoms. The van der Waals surface area contributed by atoms with Crippen LogP contribution in [0.4, 0.5) is 0 Å². The molecule has 2 aromatic carbocycles. The Balaban J connectivity index is 0.00000289. The van der Waals surface area contributed by atoms with Gasteiger partial charge >= 0.3 is 0 Å². The highest BCUT2D eigenvalue weighted by atomic mass is 127. The van der Waals surface area contributed by atoms with Crippen molar-refractivity contribution in [1.29, 1.82) is 0 Å². The summed E-state index contributed by atoms with van der Waals surface area (Å²) in [5.41, 5.74) is 5.20. The number of rotatable bonds is 6. The average Bonchev–Trinajstić information content (AvgIpc) is 2.85. The maximum absolute atomic E-state index is 6.07. The number of aliphatic imine (C=N–C) groups is 1. The van der Waals surface area contributed by atoms with E-state index in [0.29, 0.717) is 12.7 Å². The normalized spacial score (nSPS) is 17.5. The van der Waals surface area contributed by atoms with Crippen LogP contribution in [-0.4, -0.2) is 50.3 Å². The van der Waals surface area contributed by atoms with E-state index in [0.717, 1.165) is 58.1 Å². The molecule has 0 amide bonds. The molecule has 0 atom stereocenters. The third-order valence-electron chi connectivity index (χ3n) is 5.96. The number of hydrogen-bond donors (Lipinski definition) is 1. The van der Waals surface area contributed by atoms with Crippen LogP contribution in [0.25, 0.3) is 5.57 Å². The Hall–Kier alpha value is -1.90. The van der Waals surface area contributed by atoms with Gasteiger partial charge in [0, 0.05) is 39.9 Å². The fraction of sp³-hybridized carbons (Fsp3) is 0.423. The van der Waals surface area contributed by atoms with Gasteiger partial charge in [-0.2, -0.15) is 0 Å². The van der Waals surface area contributed by atoms with Gasteiger partial charge in [0.05, 0.1) is 12.7 Å². The summed E-state index contributed by atoms with van der Waals surface area (Å²) in [5.74, 6) is 0.951. The van der Waals surface area contributed by atoms with E-state index in [1.54, 1.807) is 0 Å². The molecule has 2 aliphatic rings. The van der Waals surface area contributed by atoms with Gasteiger partial charge in [-0.1, -0.05) is 60.7 Å². The first-order valence-corrected chi connectivity index (χ1v) is 11.3. The molecule has 4 rings (SSSR count). The van der Waals surface area contributed by atoms with E-state index in [2.05, 4.69) is 75.9 Å². The summed E-state index contributed by atoms with van der Waals surface area (Å²) in [4.78, 5) is 6.82. The predicted molar refractivity (Wildman–Crippen MR) is 141 cm³/mol. The Bertz CT molecular complexity index is 895. The van der Waals surface area contributed by atoms with Gasteiger partial charge in [0.25, 0.3) is 0 Å². The summed E-state index contributed by atoms with van der Waals surface area (Å²) >= 11 is 0. The standard InChI is InChI=1S/C26H33N3O2.HI/c1-27-26(29-14-10-24(11-15-29)23-8-3-2-4-9-23)28-19-21-6-5-7-22(18-21)20-31-25-12-16-30-17-13-25;/h2-10,18,25H,11-17,19-20H2,1H3,(H,27,28);1H. The Labute approximate surface area is 208 Å². The monoisotopic (exact) mass is 547 g/mol. The highest BCUT2D eigenvalue weighted by molar-refractivity contribution is 14.0. The van der Waals surface area contributed by atoms with Crippen LogP contribution in [0.3, 0.4) is 0 Å². The Morgan fingerprint density at radius 1 is 1.09 bits per heavy atom. The van der Waals surface area contributed by atoms with Gasteiger partial charge in [-0.3, -0.25) is 4.99 Å². The first-order chi connectivity index (χ1) is 15.3. The van der Waals surface area contributed by atoms with Crippen LogP contribution in [0.15, 0.2) is 65.7 Å². The molecule has 0 aliphatic carbocycles. The molecule has 0 saturated carbocycles. The van der Waals surface area contributed by atoms with E-state index in [9.17, 15) is 0 Å². The van der Waals surface area contributed by atoms with E-state index in [1.165, 1.54) is 22.3 Å². The van der Waals surface area contributed by atoms with E-state index < -0.39 is 0 Å². The summed E-state index contributed by atoms with van der Waals surface area (Å²) in [7, 11) is 1.86. The van der Waals surface area contributed by atoms with Gasteiger partial charge < -0.3 is 19.7 Å². The fourth-order valence-corrected chi connectivity index (χ4v) is 4.18. The van der Waals surface area contributed by atoms with Crippen LogP contribution in [0.5, 0.6) is 0 Å². The molecule has 0 bridgehead atoms. The van der Waals surface area contributed by atoms with Gasteiger partial charge in [0.2, 0.25) is 0 Å². The zero-order valence-corrected chi connectivity index (χ0v) is 21.2. The second-order valence-corrected chi connectivity index (χ2v) is 8.13. The smallest absolute Gasteiger partial charge is 0.194 e. The van der Waals surface area contributed by atoms with Crippen LogP contribution in [0.2, 0.25) is 0 Å². The number of halogens is 1. The topological polar surface area (TPSA) is 46.1 Å². The van der Waals surface area contributed by atoms with Gasteiger partial charge in [-0.15, -0.1) is 24.0 Å². The Morgan fingerprint density at radius 3 is 2.59 bits per heavy atom. The van der Waals surface area contributed by atoms with Crippen LogP contribution in [0, 0.1) is 0 Å². The maximum atomic E-state index is 6.07. The fourth-order valence-electron chi connectivity index (χ4n) is 4.18. The van der Waals surface area contributed by atoms with Crippen molar-refractivity contribution in [3.05, 3.63) is 77.4 Å². The molecule has 2 aliphatic heterocycles. The molecule has 1 N–H and O–H groups in total. The second-order valence-electron chi connectivity index (χ2n) is 8.13. The van der Waals surface area contributed by atoms with Crippen molar-refractivity contribution in [2.24, 2.45) is 4.99 Å². The molecule has 1 saturated heterocycles. The highest BCUT2D eigenvalue weighted by Gasteiger charge is 2.16. The number of ether oxygens (including phenoxy) is 2. The largest absolute Gasteiger partial charge is 0.381 e. The van der Waals surface area contributed by atoms with Crippen LogP contribution >= 0.6 is 24.0 Å². The molecule has 1 fully saturated rings. The molecular formula is C26H34IN3O2. The lowest BCUT2D eigenvalue weighted by atomic mass is 10.00. The number of hydrogen-bond acceptors (Lipinski definition) is 3. The zero-order valence-electron chi connectivity index (χ0n) is 18.8. The Morgan fingerprint density at radius 2 is 1.88 bits per heavy atom. The van der Waals surface area contributed by atoms with Crippen LogP contribution < -0.4 is 5.32 Å². The summed E-state index contributed by atoms with van der Waals surface area (Å²) in [6.45, 7) is 4.89. The summed E-state index contributed by atoms with van der Waals surface area (Å²) in [6, 6.07) is 19.3. The molecule has 2 aromatic rings. The van der Waals surface area contributed by atoms with Gasteiger partial charge in [-0.25, -0.2) is 0 Å². The summed E-state index contributed by atoms with van der Waals surface area (Å²) in [5, 5.41) is 3.53. The van der Waals surface area contributed by atoms with Crippen LogP contribution in [-0.2, 0) is 22.6 Å². The maximum Gasteiger partial charge on any atom is 0.194 e. The number of guanidine groups is 1. The summed E-state index contributed by atoms with van der Waals surface area (Å²) in [6.07, 6.45) is 5.66. The van der Waals surface area contributed by atoms with Gasteiger partial charge in [0.1, 0.15) is 0 Å². The predicted octanol–water partition coefficient (Wildman–Crippen LogP) is 4.86. The van der Waals surface area contributed by atoms with E-state index in [1.807, 2.05) is 7.05 Å². The molecule has 0 unspecified atom stereocenters. The van der Waals surface area contributed by atoms with Crippen molar-refractivity contribution in [2.45, 2.75) is 38.5 Å². The lowest BCUT2D eigenvalue weighted by Crippen LogP contribution is -2.43. The molecule has 172 valence electrons. The minimum Gasteiger partial charge on any atom is -0.381 e. The van der Waals surface area contributed by atoms with E-state index >= 15 is 0 Å². The molecule has 5 nitrogen and oxygen atoms in total. The van der Waals surface area contributed by atoms with Crippen molar-refractivity contribution in [2.75, 3.05) is 33.4 Å². The lowest BCUT2D eigenvalue weighted by molar-refractivity contribution is -0.0390. The van der Waals surface area contributed by atoms with Crippen molar-refractivity contribution in [1.82, 2.24) is 10.2 Å². The molecule has 0 spiro atoms. The first kappa shape index (κ1) is 24.7. The number of benzene rings is 2. The van der Waals surface area contributed by atoms with Crippen LogP contribution in [0.1, 0.15) is 36.0 Å². The molecule has 2 heterocycles. The third kappa shape index (κ3) is 7.05. The lowest BCUT2D eigenvalue weighted by Gasteiger charge is -2.30. The molecule has 0 aromatic heterocycles. The second kappa shape index (κ2) is 13.0. The van der Waals surface area contributed by atoms with Gasteiger partial charge in [-0.05, 0) is 41.5 Å². The minimum absolute atomic E-state index is 0. The van der Waals surface area contributed by atoms with E-state index in [-0.39, 0.29) is 24.0 Å². The molecule has 6 heteroatoms. The third-order valence-corrected chi connectivity index (χ3v) is 5.96. The number of nitrogens with one attached hydrogen (secondary N) is 1. The average molecular weight is 547 g/mol. The zero-order chi connectivity index (χ0) is 21.3. The van der Waals surface area contributed by atoms with Crippen molar-refractivity contribution < 1.29 is 9.47 Å². The van der Waals surface area contributed by atoms with Crippen molar-refractivity contribution in [3.63, 3.8) is 0 Å². The van der Waals surface area contributed by atoms with Crippen molar-refractivity contribution >= 4 is 35.5 Å². The molecular weight excluding hydrogens is 513 g/mol. The highest BCUT2D eigenvalue weighted by Crippen LogP contribution is 2.22. The summed E-state index contributed by atoms with van der Waals surface area (Å²) < 4.78 is 11.5. The van der Waals surface area contributed by atoms with Gasteiger partial charge in [0.15, 0.2) is 5.96 Å². The quantitative estimate of drug-likeness (QED) is 0.319. The van der Waals surface area contributed by atoms with E-state index in [4.69, 9.17) is 9.47 Å². The molecule has 0 radical (unpaired) electrons. The Kier molecular flexibility index (Phi) is 10.0. The van der Waals surface area contributed by atoms with Crippen molar-refractivity contribution in [3.8, 4) is 0 Å². The number of nitrogens with zero attached hydrogens (tertiary/aromatic N) is 2.